The average molecular weight is 139 g/mol. The monoisotopic (exact) mass is 139 g/mol. The molecule has 5 nitrogen and oxygen atoms in total. The van der Waals surface area contributed by atoms with Gasteiger partial charge in [-0.25, -0.2) is 9.97 Å². The molecule has 1 rings (SSSR count). The van der Waals surface area contributed by atoms with Gasteiger partial charge in [-0.15, -0.1) is 0 Å². The van der Waals surface area contributed by atoms with E-state index in [0.717, 1.165) is 12.4 Å². The molecule has 0 spiro atoms. The molecule has 10 heavy (non-hydrogen) atoms. The minimum Gasteiger partial charge on any atom is -0.505 e. The van der Waals surface area contributed by atoms with Gasteiger partial charge in [-0.2, -0.15) is 0 Å². The Bertz CT molecular complexity index is 244. The van der Waals surface area contributed by atoms with Gasteiger partial charge in [0, 0.05) is 0 Å². The first-order valence-corrected chi connectivity index (χ1v) is 2.51. The van der Waals surface area contributed by atoms with Gasteiger partial charge in [0.15, 0.2) is 5.75 Å². The van der Waals surface area contributed by atoms with Crippen LogP contribution in [0.3, 0.4) is 0 Å². The van der Waals surface area contributed by atoms with Crippen molar-refractivity contribution < 1.29 is 9.90 Å². The number of primary amides is 1. The third-order valence-electron chi connectivity index (χ3n) is 0.859. The van der Waals surface area contributed by atoms with E-state index < -0.39 is 5.91 Å². The third-order valence-corrected chi connectivity index (χ3v) is 0.859. The van der Waals surface area contributed by atoms with E-state index in [1.165, 1.54) is 0 Å². The highest BCUT2D eigenvalue weighted by molar-refractivity contribution is 5.88. The first-order valence-electron chi connectivity index (χ1n) is 2.51. The molecule has 0 saturated heterocycles. The maximum atomic E-state index is 10.3. The normalized spacial score (nSPS) is 9.20. The minimum absolute atomic E-state index is 0.0926. The SMILES string of the molecule is NC(=O)c1ncc(O)cn1. The summed E-state index contributed by atoms with van der Waals surface area (Å²) in [7, 11) is 0. The summed E-state index contributed by atoms with van der Waals surface area (Å²) in [5.74, 6) is -0.900. The Morgan fingerprint density at radius 2 is 2.00 bits per heavy atom. The average Bonchev–Trinajstić information content (AvgIpc) is 1.88. The van der Waals surface area contributed by atoms with Gasteiger partial charge in [0.25, 0.3) is 5.91 Å². The molecule has 0 radical (unpaired) electrons. The maximum Gasteiger partial charge on any atom is 0.286 e. The minimum atomic E-state index is -0.708. The van der Waals surface area contributed by atoms with Crippen LogP contribution in [0, 0.1) is 0 Å². The van der Waals surface area contributed by atoms with Crippen LogP contribution in [0.15, 0.2) is 12.4 Å². The lowest BCUT2D eigenvalue weighted by Gasteiger charge is -1.91. The number of amides is 1. The maximum absolute atomic E-state index is 10.3. The fourth-order valence-corrected chi connectivity index (χ4v) is 0.448. The molecule has 52 valence electrons. The molecule has 0 aliphatic carbocycles. The van der Waals surface area contributed by atoms with Crippen LogP contribution in [0.2, 0.25) is 0 Å². The van der Waals surface area contributed by atoms with Crippen molar-refractivity contribution in [3.8, 4) is 5.75 Å². The van der Waals surface area contributed by atoms with Crippen molar-refractivity contribution in [2.45, 2.75) is 0 Å². The van der Waals surface area contributed by atoms with Crippen LogP contribution in [-0.2, 0) is 0 Å². The van der Waals surface area contributed by atoms with E-state index in [1.54, 1.807) is 0 Å². The van der Waals surface area contributed by atoms with Crippen molar-refractivity contribution in [2.75, 3.05) is 0 Å². The second kappa shape index (κ2) is 2.30. The van der Waals surface area contributed by atoms with E-state index in [1.807, 2.05) is 0 Å². The highest BCUT2D eigenvalue weighted by atomic mass is 16.3. The fourth-order valence-electron chi connectivity index (χ4n) is 0.448. The molecule has 1 heterocycles. The van der Waals surface area contributed by atoms with Gasteiger partial charge in [0.05, 0.1) is 12.4 Å². The lowest BCUT2D eigenvalue weighted by atomic mass is 10.5. The van der Waals surface area contributed by atoms with Crippen LogP contribution in [0.1, 0.15) is 10.6 Å². The molecule has 0 fully saturated rings. The largest absolute Gasteiger partial charge is 0.505 e. The quantitative estimate of drug-likeness (QED) is 0.537. The number of rotatable bonds is 1. The van der Waals surface area contributed by atoms with Crippen LogP contribution in [-0.4, -0.2) is 21.0 Å². The molecule has 0 bridgehead atoms. The number of aromatic nitrogens is 2. The van der Waals surface area contributed by atoms with E-state index in [0.29, 0.717) is 0 Å². The topological polar surface area (TPSA) is 89.1 Å². The Morgan fingerprint density at radius 1 is 1.50 bits per heavy atom. The molecule has 1 aromatic rings. The van der Waals surface area contributed by atoms with Gasteiger partial charge >= 0.3 is 0 Å². The van der Waals surface area contributed by atoms with Crippen LogP contribution >= 0.6 is 0 Å². The van der Waals surface area contributed by atoms with Gasteiger partial charge in [-0.1, -0.05) is 0 Å². The second-order valence-electron chi connectivity index (χ2n) is 1.63. The molecule has 0 aromatic carbocycles. The van der Waals surface area contributed by atoms with Crippen molar-refractivity contribution in [1.82, 2.24) is 9.97 Å². The number of carbonyl (C=O) groups excluding carboxylic acids is 1. The van der Waals surface area contributed by atoms with Gasteiger partial charge in [0.2, 0.25) is 5.82 Å². The first kappa shape index (κ1) is 6.47. The van der Waals surface area contributed by atoms with E-state index in [-0.39, 0.29) is 11.6 Å². The number of aromatic hydroxyl groups is 1. The number of hydrogen-bond donors (Lipinski definition) is 2. The molecule has 0 saturated carbocycles. The molecule has 3 N–H and O–H groups in total. The zero-order valence-electron chi connectivity index (χ0n) is 4.98. The zero-order valence-corrected chi connectivity index (χ0v) is 4.98. The molecule has 5 heteroatoms. The summed E-state index contributed by atoms with van der Waals surface area (Å²) >= 11 is 0. The molecule has 1 amide bonds. The van der Waals surface area contributed by atoms with E-state index >= 15 is 0 Å². The second-order valence-corrected chi connectivity index (χ2v) is 1.63. The van der Waals surface area contributed by atoms with E-state index in [9.17, 15) is 4.79 Å². The van der Waals surface area contributed by atoms with Crippen molar-refractivity contribution in [3.05, 3.63) is 18.2 Å². The number of hydrogen-bond acceptors (Lipinski definition) is 4. The highest BCUT2D eigenvalue weighted by Gasteiger charge is 2.01. The lowest BCUT2D eigenvalue weighted by Crippen LogP contribution is -2.14. The summed E-state index contributed by atoms with van der Waals surface area (Å²) < 4.78 is 0. The summed E-state index contributed by atoms with van der Waals surface area (Å²) in [5.41, 5.74) is 4.82. The summed E-state index contributed by atoms with van der Waals surface area (Å²) in [4.78, 5) is 17.2. The van der Waals surface area contributed by atoms with Crippen molar-refractivity contribution in [1.29, 1.82) is 0 Å². The predicted octanol–water partition coefficient (Wildman–Crippen LogP) is -0.719. The van der Waals surface area contributed by atoms with E-state index in [2.05, 4.69) is 9.97 Å². The molecule has 0 aliphatic rings. The molecule has 1 aromatic heterocycles. The Morgan fingerprint density at radius 3 is 2.40 bits per heavy atom. The summed E-state index contributed by atoms with van der Waals surface area (Å²) in [5, 5.41) is 8.66. The zero-order chi connectivity index (χ0) is 7.56. The van der Waals surface area contributed by atoms with Crippen molar-refractivity contribution in [3.63, 3.8) is 0 Å². The molecule has 0 unspecified atom stereocenters. The standard InChI is InChI=1S/C5H5N3O2/c6-4(10)5-7-1-3(9)2-8-5/h1-2,9H,(H2,6,10). The third kappa shape index (κ3) is 1.19. The Kier molecular flexibility index (Phi) is 1.49. The Hall–Kier alpha value is -1.65. The van der Waals surface area contributed by atoms with E-state index in [4.69, 9.17) is 10.8 Å². The Labute approximate surface area is 56.5 Å². The van der Waals surface area contributed by atoms with Gasteiger partial charge in [-0.05, 0) is 0 Å². The van der Waals surface area contributed by atoms with Crippen LogP contribution in [0.4, 0.5) is 0 Å². The lowest BCUT2D eigenvalue weighted by molar-refractivity contribution is 0.0990. The molecule has 0 atom stereocenters. The fraction of sp³-hybridized carbons (Fsp3) is 0. The summed E-state index contributed by atoms with van der Waals surface area (Å²) in [6.07, 6.45) is 2.21. The van der Waals surface area contributed by atoms with Gasteiger partial charge in [0.1, 0.15) is 0 Å². The number of nitrogens with zero attached hydrogens (tertiary/aromatic N) is 2. The van der Waals surface area contributed by atoms with Crippen molar-refractivity contribution in [2.24, 2.45) is 5.73 Å². The number of carbonyl (C=O) groups is 1. The van der Waals surface area contributed by atoms with Gasteiger partial charge < -0.3 is 10.8 Å². The highest BCUT2D eigenvalue weighted by Crippen LogP contribution is 2.00. The predicted molar refractivity (Wildman–Crippen MR) is 32.2 cm³/mol. The van der Waals surface area contributed by atoms with Crippen LogP contribution in [0.25, 0.3) is 0 Å². The smallest absolute Gasteiger partial charge is 0.286 e. The summed E-state index contributed by atoms with van der Waals surface area (Å²) in [6, 6.07) is 0. The molecular formula is C5H5N3O2. The summed E-state index contributed by atoms with van der Waals surface area (Å²) in [6.45, 7) is 0. The van der Waals surface area contributed by atoms with Crippen LogP contribution in [0.5, 0.6) is 5.75 Å². The first-order chi connectivity index (χ1) is 4.70. The molecule has 0 aliphatic heterocycles. The van der Waals surface area contributed by atoms with Crippen LogP contribution < -0.4 is 5.73 Å². The Balaban J connectivity index is 3.00. The molecular weight excluding hydrogens is 134 g/mol. The van der Waals surface area contributed by atoms with Crippen molar-refractivity contribution >= 4 is 5.91 Å². The number of nitrogens with two attached hydrogens (primary N) is 1. The van der Waals surface area contributed by atoms with Gasteiger partial charge in [-0.3, -0.25) is 4.79 Å².